The first-order chi connectivity index (χ1) is 16.3. The monoisotopic (exact) mass is 476 g/mol. The van der Waals surface area contributed by atoms with E-state index in [-0.39, 0.29) is 28.3 Å². The van der Waals surface area contributed by atoms with Gasteiger partial charge in [0.15, 0.2) is 11.6 Å². The van der Waals surface area contributed by atoms with E-state index in [1.54, 1.807) is 12.1 Å². The van der Waals surface area contributed by atoms with E-state index >= 15 is 0 Å². The maximum atomic E-state index is 14.5. The third kappa shape index (κ3) is 5.27. The van der Waals surface area contributed by atoms with Gasteiger partial charge in [0.05, 0.1) is 16.2 Å². The van der Waals surface area contributed by atoms with Gasteiger partial charge in [-0.3, -0.25) is 4.79 Å². The molecule has 0 aliphatic carbocycles. The van der Waals surface area contributed by atoms with Crippen LogP contribution in [0.15, 0.2) is 49.3 Å². The summed E-state index contributed by atoms with van der Waals surface area (Å²) in [5, 5.41) is 3.68. The molecule has 34 heavy (non-hydrogen) atoms. The zero-order valence-electron chi connectivity index (χ0n) is 19.3. The molecule has 5 nitrogen and oxygen atoms in total. The number of carbonyl (C=O) groups excluding carboxylic acids is 1. The van der Waals surface area contributed by atoms with Gasteiger partial charge in [-0.25, -0.2) is 14.4 Å². The van der Waals surface area contributed by atoms with E-state index in [1.165, 1.54) is 18.5 Å². The molecule has 0 radical (unpaired) electrons. The van der Waals surface area contributed by atoms with E-state index in [2.05, 4.69) is 52.6 Å². The highest BCUT2D eigenvalue weighted by atomic mass is 35.5. The van der Waals surface area contributed by atoms with E-state index in [0.717, 1.165) is 37.1 Å². The maximum Gasteiger partial charge on any atom is 0.165 e. The number of benzene rings is 2. The van der Waals surface area contributed by atoms with Gasteiger partial charge in [0.2, 0.25) is 0 Å². The molecule has 0 bridgehead atoms. The molecule has 174 valence electrons. The molecule has 1 fully saturated rings. The summed E-state index contributed by atoms with van der Waals surface area (Å²) in [5.74, 6) is 6.53. The summed E-state index contributed by atoms with van der Waals surface area (Å²) in [6.07, 6.45) is 5.00. The fraction of sp³-hybridized carbons (Fsp3) is 0.296. The zero-order chi connectivity index (χ0) is 24.3. The second-order valence-electron chi connectivity index (χ2n) is 8.97. The van der Waals surface area contributed by atoms with Crippen molar-refractivity contribution in [3.05, 3.63) is 71.3 Å². The first kappa shape index (κ1) is 23.9. The molecular formula is C27H26ClFN4O. The number of allylic oxidation sites excluding steroid dienone is 1. The molecule has 1 aromatic heterocycles. The van der Waals surface area contributed by atoms with Gasteiger partial charge in [-0.15, -0.1) is 0 Å². The molecule has 7 heteroatoms. The third-order valence-electron chi connectivity index (χ3n) is 6.04. The number of hydrogen-bond acceptors (Lipinski definition) is 5. The largest absolute Gasteiger partial charge is 0.337 e. The van der Waals surface area contributed by atoms with Crippen molar-refractivity contribution in [1.29, 1.82) is 0 Å². The third-order valence-corrected chi connectivity index (χ3v) is 6.34. The summed E-state index contributed by atoms with van der Waals surface area (Å²) in [7, 11) is 2.11. The molecule has 0 saturated carbocycles. The van der Waals surface area contributed by atoms with Crippen molar-refractivity contribution in [1.82, 2.24) is 14.9 Å². The number of aromatic nitrogens is 2. The van der Waals surface area contributed by atoms with E-state index in [9.17, 15) is 9.18 Å². The Morgan fingerprint density at radius 3 is 2.97 bits per heavy atom. The van der Waals surface area contributed by atoms with Gasteiger partial charge in [-0.05, 0) is 69.3 Å². The molecular weight excluding hydrogens is 451 g/mol. The molecule has 0 amide bonds. The van der Waals surface area contributed by atoms with Crippen LogP contribution in [0.2, 0.25) is 5.02 Å². The summed E-state index contributed by atoms with van der Waals surface area (Å²) in [5.41, 5.74) is 2.22. The SMILES string of the molecule is C=CC(=O)Cc1cc2c(Nc3cccc(Cl)c3F)ncnc2cc1C#C[C@@]1(C)CCCN(C)C1. The van der Waals surface area contributed by atoms with Crippen LogP contribution in [0, 0.1) is 23.1 Å². The van der Waals surface area contributed by atoms with Gasteiger partial charge in [-0.2, -0.15) is 0 Å². The number of piperidine rings is 1. The number of ketones is 1. The smallest absolute Gasteiger partial charge is 0.165 e. The lowest BCUT2D eigenvalue weighted by Crippen LogP contribution is -2.38. The Balaban J connectivity index is 1.79. The Labute approximate surface area is 204 Å². The highest BCUT2D eigenvalue weighted by Crippen LogP contribution is 2.31. The van der Waals surface area contributed by atoms with Crippen LogP contribution in [0.5, 0.6) is 0 Å². The van der Waals surface area contributed by atoms with E-state index in [4.69, 9.17) is 11.6 Å². The van der Waals surface area contributed by atoms with Gasteiger partial charge in [0.25, 0.3) is 0 Å². The lowest BCUT2D eigenvalue weighted by Gasteiger charge is -2.34. The van der Waals surface area contributed by atoms with E-state index < -0.39 is 5.82 Å². The standard InChI is InChI=1S/C27H26ClFN4O/c1-4-20(34)13-19-14-21-24(15-18(19)9-11-27(2)10-6-12-33(3)16-27)30-17-31-26(21)32-23-8-5-7-22(28)25(23)29/h4-5,7-8,14-15,17H,1,6,10,12-13,16H2,2-3H3,(H,30,31,32)/t27-/m1/s1. The normalized spacial score (nSPS) is 18.2. The number of nitrogens with zero attached hydrogens (tertiary/aromatic N) is 3. The predicted octanol–water partition coefficient (Wildman–Crippen LogP) is 5.55. The Hall–Kier alpha value is -3.27. The number of fused-ring (bicyclic) bond motifs is 1. The average Bonchev–Trinajstić information content (AvgIpc) is 2.81. The molecule has 4 rings (SSSR count). The topological polar surface area (TPSA) is 58.1 Å². The minimum atomic E-state index is -0.564. The summed E-state index contributed by atoms with van der Waals surface area (Å²) in [6.45, 7) is 7.75. The van der Waals surface area contributed by atoms with Crippen molar-refractivity contribution in [3.8, 4) is 11.8 Å². The lowest BCUT2D eigenvalue weighted by atomic mass is 9.82. The Kier molecular flexibility index (Phi) is 6.97. The fourth-order valence-electron chi connectivity index (χ4n) is 4.31. The van der Waals surface area contributed by atoms with Crippen LogP contribution in [0.25, 0.3) is 10.9 Å². The quantitative estimate of drug-likeness (QED) is 0.386. The maximum absolute atomic E-state index is 14.5. The van der Waals surface area contributed by atoms with Crippen LogP contribution in [0.4, 0.5) is 15.9 Å². The summed E-state index contributed by atoms with van der Waals surface area (Å²) < 4.78 is 14.5. The summed E-state index contributed by atoms with van der Waals surface area (Å²) in [4.78, 5) is 23.2. The molecule has 1 aliphatic rings. The van der Waals surface area contributed by atoms with Gasteiger partial charge >= 0.3 is 0 Å². The van der Waals surface area contributed by atoms with Gasteiger partial charge < -0.3 is 10.2 Å². The van der Waals surface area contributed by atoms with Crippen molar-refractivity contribution in [3.63, 3.8) is 0 Å². The van der Waals surface area contributed by atoms with Crippen molar-refractivity contribution in [2.24, 2.45) is 5.41 Å². The molecule has 1 N–H and O–H groups in total. The molecule has 2 aromatic carbocycles. The Bertz CT molecular complexity index is 1330. The van der Waals surface area contributed by atoms with E-state index in [0.29, 0.717) is 16.7 Å². The van der Waals surface area contributed by atoms with Crippen LogP contribution >= 0.6 is 11.6 Å². The Morgan fingerprint density at radius 2 is 2.21 bits per heavy atom. The second kappa shape index (κ2) is 9.92. The average molecular weight is 477 g/mol. The predicted molar refractivity (Wildman–Crippen MR) is 135 cm³/mol. The van der Waals surface area contributed by atoms with Crippen molar-refractivity contribution in [2.45, 2.75) is 26.2 Å². The van der Waals surface area contributed by atoms with Crippen molar-refractivity contribution >= 4 is 39.8 Å². The number of rotatable bonds is 5. The molecule has 0 spiro atoms. The number of anilines is 2. The highest BCUT2D eigenvalue weighted by Gasteiger charge is 2.27. The minimum Gasteiger partial charge on any atom is -0.337 e. The molecule has 0 unspecified atom stereocenters. The number of carbonyl (C=O) groups is 1. The van der Waals surface area contributed by atoms with Crippen molar-refractivity contribution < 1.29 is 9.18 Å². The first-order valence-electron chi connectivity index (χ1n) is 11.1. The zero-order valence-corrected chi connectivity index (χ0v) is 20.0. The summed E-state index contributed by atoms with van der Waals surface area (Å²) in [6, 6.07) is 8.43. The second-order valence-corrected chi connectivity index (χ2v) is 9.38. The molecule has 1 aliphatic heterocycles. The van der Waals surface area contributed by atoms with Crippen LogP contribution < -0.4 is 5.32 Å². The van der Waals surface area contributed by atoms with Gasteiger partial charge in [0, 0.05) is 29.3 Å². The highest BCUT2D eigenvalue weighted by molar-refractivity contribution is 6.31. The number of hydrogen-bond donors (Lipinski definition) is 1. The Morgan fingerprint density at radius 1 is 1.38 bits per heavy atom. The van der Waals surface area contributed by atoms with Crippen LogP contribution in [-0.4, -0.2) is 40.8 Å². The van der Waals surface area contributed by atoms with Gasteiger partial charge in [0.1, 0.15) is 12.1 Å². The molecule has 1 saturated heterocycles. The van der Waals surface area contributed by atoms with Crippen LogP contribution in [0.1, 0.15) is 30.9 Å². The first-order valence-corrected chi connectivity index (χ1v) is 11.5. The fourth-order valence-corrected chi connectivity index (χ4v) is 4.49. The van der Waals surface area contributed by atoms with Crippen molar-refractivity contribution in [2.75, 3.05) is 25.5 Å². The molecule has 3 aromatic rings. The number of likely N-dealkylation sites (tertiary alicyclic amines) is 1. The molecule has 1 atom stereocenters. The lowest BCUT2D eigenvalue weighted by molar-refractivity contribution is -0.114. The number of halogens is 2. The molecule has 2 heterocycles. The van der Waals surface area contributed by atoms with E-state index in [1.807, 2.05) is 12.1 Å². The van der Waals surface area contributed by atoms with Crippen LogP contribution in [0.3, 0.4) is 0 Å². The summed E-state index contributed by atoms with van der Waals surface area (Å²) >= 11 is 5.92. The van der Waals surface area contributed by atoms with Crippen LogP contribution in [-0.2, 0) is 11.2 Å². The number of nitrogens with one attached hydrogen (secondary N) is 1. The minimum absolute atomic E-state index is 0.0139. The van der Waals surface area contributed by atoms with Gasteiger partial charge in [-0.1, -0.05) is 36.1 Å².